The third-order valence-corrected chi connectivity index (χ3v) is 5.76. The summed E-state index contributed by atoms with van der Waals surface area (Å²) in [4.78, 5) is 5.88. The maximum absolute atomic E-state index is 13.1. The van der Waals surface area contributed by atoms with Gasteiger partial charge in [0.25, 0.3) is 0 Å². The fourth-order valence-corrected chi connectivity index (χ4v) is 3.74. The van der Waals surface area contributed by atoms with Gasteiger partial charge in [-0.1, -0.05) is 12.2 Å². The van der Waals surface area contributed by atoms with Crippen LogP contribution in [0.4, 0.5) is 4.39 Å². The van der Waals surface area contributed by atoms with Crippen LogP contribution in [0.15, 0.2) is 23.4 Å². The van der Waals surface area contributed by atoms with Crippen LogP contribution in [0.25, 0.3) is 0 Å². The molecule has 2 rings (SSSR count). The Labute approximate surface area is 128 Å². The second-order valence-corrected chi connectivity index (χ2v) is 7.27. The van der Waals surface area contributed by atoms with Gasteiger partial charge < -0.3 is 5.73 Å². The van der Waals surface area contributed by atoms with Gasteiger partial charge in [0.2, 0.25) is 10.0 Å². The van der Waals surface area contributed by atoms with Gasteiger partial charge in [-0.3, -0.25) is 9.88 Å². The van der Waals surface area contributed by atoms with Crippen molar-refractivity contribution in [2.75, 3.05) is 26.2 Å². The van der Waals surface area contributed by atoms with Crippen molar-refractivity contribution >= 4 is 27.2 Å². The van der Waals surface area contributed by atoms with Crippen LogP contribution in [0.2, 0.25) is 0 Å². The summed E-state index contributed by atoms with van der Waals surface area (Å²) in [6.07, 6.45) is 2.13. The Morgan fingerprint density at radius 1 is 1.38 bits per heavy atom. The summed E-state index contributed by atoms with van der Waals surface area (Å²) in [5.41, 5.74) is 5.60. The molecule has 2 N–H and O–H groups in total. The van der Waals surface area contributed by atoms with E-state index in [1.807, 2.05) is 11.8 Å². The van der Waals surface area contributed by atoms with Crippen molar-refractivity contribution < 1.29 is 12.8 Å². The highest BCUT2D eigenvalue weighted by Crippen LogP contribution is 2.18. The Bertz CT molecular complexity index is 630. The van der Waals surface area contributed by atoms with E-state index in [-0.39, 0.29) is 10.9 Å². The molecule has 9 heteroatoms. The van der Waals surface area contributed by atoms with Gasteiger partial charge in [0.05, 0.1) is 17.2 Å². The molecule has 1 aliphatic rings. The summed E-state index contributed by atoms with van der Waals surface area (Å²) >= 11 is 4.95. The quantitative estimate of drug-likeness (QED) is 0.794. The van der Waals surface area contributed by atoms with Crippen LogP contribution in [0.3, 0.4) is 0 Å². The third-order valence-electron chi connectivity index (χ3n) is 3.55. The van der Waals surface area contributed by atoms with Crippen LogP contribution in [0.5, 0.6) is 0 Å². The first kappa shape index (κ1) is 16.2. The number of hydrogen-bond donors (Lipinski definition) is 1. The predicted molar refractivity (Wildman–Crippen MR) is 80.8 cm³/mol. The first-order valence-electron chi connectivity index (χ1n) is 6.46. The molecule has 1 aromatic rings. The summed E-state index contributed by atoms with van der Waals surface area (Å²) < 4.78 is 39.3. The summed E-state index contributed by atoms with van der Waals surface area (Å²) in [7, 11) is -3.71. The van der Waals surface area contributed by atoms with Crippen molar-refractivity contribution in [2.45, 2.75) is 17.9 Å². The lowest BCUT2D eigenvalue weighted by Gasteiger charge is -2.36. The Morgan fingerprint density at radius 3 is 2.52 bits per heavy atom. The normalized spacial score (nSPS) is 19.3. The topological polar surface area (TPSA) is 79.5 Å². The first-order chi connectivity index (χ1) is 9.82. The second-order valence-electron chi connectivity index (χ2n) is 4.86. The second kappa shape index (κ2) is 6.30. The molecule has 0 aromatic carbocycles. The minimum absolute atomic E-state index is 0.0688. The largest absolute Gasteiger partial charge is 0.392 e. The van der Waals surface area contributed by atoms with E-state index in [0.29, 0.717) is 31.2 Å². The average molecular weight is 332 g/mol. The molecule has 1 unspecified atom stereocenters. The molecule has 0 spiro atoms. The van der Waals surface area contributed by atoms with Gasteiger partial charge in [0.15, 0.2) is 0 Å². The van der Waals surface area contributed by atoms with Gasteiger partial charge >= 0.3 is 0 Å². The number of thiocarbonyl (C=S) groups is 1. The smallest absolute Gasteiger partial charge is 0.244 e. The SMILES string of the molecule is CC(C(N)=S)N1CCN(S(=O)(=O)c2cncc(F)c2)CC1. The molecule has 1 aromatic heterocycles. The first-order valence-corrected chi connectivity index (χ1v) is 8.31. The van der Waals surface area contributed by atoms with Crippen molar-refractivity contribution in [3.05, 3.63) is 24.3 Å². The molecule has 116 valence electrons. The van der Waals surface area contributed by atoms with Crippen molar-refractivity contribution in [1.82, 2.24) is 14.2 Å². The number of sulfonamides is 1. The molecule has 2 heterocycles. The van der Waals surface area contributed by atoms with Crippen LogP contribution >= 0.6 is 12.2 Å². The van der Waals surface area contributed by atoms with E-state index in [1.165, 1.54) is 4.31 Å². The van der Waals surface area contributed by atoms with Crippen LogP contribution in [-0.4, -0.2) is 59.8 Å². The number of aromatic nitrogens is 1. The molecule has 0 amide bonds. The van der Waals surface area contributed by atoms with E-state index in [2.05, 4.69) is 4.98 Å². The lowest BCUT2D eigenvalue weighted by Crippen LogP contribution is -2.53. The number of hydrogen-bond acceptors (Lipinski definition) is 5. The van der Waals surface area contributed by atoms with Gasteiger partial charge in [-0.2, -0.15) is 4.31 Å². The summed E-state index contributed by atoms with van der Waals surface area (Å²) in [5, 5.41) is 0. The zero-order chi connectivity index (χ0) is 15.6. The molecule has 1 atom stereocenters. The molecule has 0 radical (unpaired) electrons. The molecule has 1 saturated heterocycles. The van der Waals surface area contributed by atoms with E-state index in [1.54, 1.807) is 0 Å². The van der Waals surface area contributed by atoms with Gasteiger partial charge in [-0.05, 0) is 13.0 Å². The highest BCUT2D eigenvalue weighted by Gasteiger charge is 2.30. The van der Waals surface area contributed by atoms with Crippen molar-refractivity contribution in [1.29, 1.82) is 0 Å². The highest BCUT2D eigenvalue weighted by molar-refractivity contribution is 7.89. The maximum Gasteiger partial charge on any atom is 0.244 e. The lowest BCUT2D eigenvalue weighted by atomic mass is 10.2. The van der Waals surface area contributed by atoms with Gasteiger partial charge in [0.1, 0.15) is 10.7 Å². The van der Waals surface area contributed by atoms with Gasteiger partial charge in [0, 0.05) is 32.4 Å². The molecular weight excluding hydrogens is 315 g/mol. The van der Waals surface area contributed by atoms with E-state index in [0.717, 1.165) is 18.5 Å². The highest BCUT2D eigenvalue weighted by atomic mass is 32.2. The van der Waals surface area contributed by atoms with E-state index in [4.69, 9.17) is 18.0 Å². The monoisotopic (exact) mass is 332 g/mol. The number of pyridine rings is 1. The Kier molecular flexibility index (Phi) is 4.87. The van der Waals surface area contributed by atoms with E-state index < -0.39 is 15.8 Å². The minimum Gasteiger partial charge on any atom is -0.392 e. The molecule has 1 aliphatic heterocycles. The Balaban J connectivity index is 2.09. The molecule has 21 heavy (non-hydrogen) atoms. The van der Waals surface area contributed by atoms with Crippen molar-refractivity contribution in [3.63, 3.8) is 0 Å². The molecule has 0 bridgehead atoms. The fraction of sp³-hybridized carbons (Fsp3) is 0.500. The van der Waals surface area contributed by atoms with Crippen LogP contribution in [0, 0.1) is 5.82 Å². The number of piperazine rings is 1. The van der Waals surface area contributed by atoms with Crippen LogP contribution < -0.4 is 5.73 Å². The number of halogens is 1. The number of nitrogens with zero attached hydrogens (tertiary/aromatic N) is 3. The summed E-state index contributed by atoms with van der Waals surface area (Å²) in [6.45, 7) is 3.57. The third kappa shape index (κ3) is 3.54. The predicted octanol–water partition coefficient (Wildman–Crippen LogP) is 0.202. The molecule has 6 nitrogen and oxygen atoms in total. The average Bonchev–Trinajstić information content (AvgIpc) is 2.46. The van der Waals surface area contributed by atoms with Crippen molar-refractivity contribution in [3.8, 4) is 0 Å². The number of rotatable bonds is 4. The van der Waals surface area contributed by atoms with Crippen LogP contribution in [0.1, 0.15) is 6.92 Å². The zero-order valence-corrected chi connectivity index (χ0v) is 13.2. The van der Waals surface area contributed by atoms with Crippen LogP contribution in [-0.2, 0) is 10.0 Å². The molecular formula is C12H17FN4O2S2. The molecule has 1 fully saturated rings. The van der Waals surface area contributed by atoms with Crippen molar-refractivity contribution in [2.24, 2.45) is 5.73 Å². The standard InChI is InChI=1S/C12H17FN4O2S2/c1-9(12(14)20)16-2-4-17(5-3-16)21(18,19)11-6-10(13)7-15-8-11/h6-9H,2-5H2,1H3,(H2,14,20). The molecule has 0 saturated carbocycles. The van der Waals surface area contributed by atoms with E-state index >= 15 is 0 Å². The maximum atomic E-state index is 13.1. The van der Waals surface area contributed by atoms with Gasteiger partial charge in [-0.25, -0.2) is 12.8 Å². The fourth-order valence-electron chi connectivity index (χ4n) is 2.19. The van der Waals surface area contributed by atoms with E-state index in [9.17, 15) is 12.8 Å². The van der Waals surface area contributed by atoms with Gasteiger partial charge in [-0.15, -0.1) is 0 Å². The zero-order valence-electron chi connectivity index (χ0n) is 11.6. The Morgan fingerprint density at radius 2 is 2.00 bits per heavy atom. The Hall–Kier alpha value is -1.16. The molecule has 0 aliphatic carbocycles. The number of nitrogens with two attached hydrogens (primary N) is 1. The summed E-state index contributed by atoms with van der Waals surface area (Å²) in [6, 6.07) is 0.910. The summed E-state index contributed by atoms with van der Waals surface area (Å²) in [5.74, 6) is -0.670. The minimum atomic E-state index is -3.71. The lowest BCUT2D eigenvalue weighted by molar-refractivity contribution is 0.175.